The summed E-state index contributed by atoms with van der Waals surface area (Å²) in [6, 6.07) is 53.4. The molecule has 0 aliphatic carbocycles. The SMILES string of the molecule is CCCc1cc2cc(-c3c4ccccc4c(-c4ccc(-c5cccc(-c6ccccn6)c5)cc4)c4ccccc34)ccc2cc1C. The maximum Gasteiger partial charge on any atom is 0.0702 e. The lowest BCUT2D eigenvalue weighted by molar-refractivity contribution is 0.915. The first-order valence-corrected chi connectivity index (χ1v) is 16.3. The molecule has 1 heterocycles. The van der Waals surface area contributed by atoms with Crippen molar-refractivity contribution >= 4 is 32.3 Å². The maximum absolute atomic E-state index is 4.55. The third-order valence-electron chi connectivity index (χ3n) is 9.36. The lowest BCUT2D eigenvalue weighted by atomic mass is 9.85. The number of aromatic nitrogens is 1. The molecule has 0 saturated heterocycles. The zero-order valence-electron chi connectivity index (χ0n) is 26.3. The van der Waals surface area contributed by atoms with Gasteiger partial charge in [-0.2, -0.15) is 0 Å². The first-order valence-electron chi connectivity index (χ1n) is 16.3. The quantitative estimate of drug-likeness (QED) is 0.176. The molecular weight excluding hydrogens is 555 g/mol. The Morgan fingerprint density at radius 2 is 1.07 bits per heavy atom. The molecule has 0 atom stereocenters. The molecule has 7 aromatic carbocycles. The minimum atomic E-state index is 0.988. The summed E-state index contributed by atoms with van der Waals surface area (Å²) >= 11 is 0. The largest absolute Gasteiger partial charge is 0.256 e. The Labute approximate surface area is 270 Å². The van der Waals surface area contributed by atoms with Gasteiger partial charge in [-0.1, -0.05) is 135 Å². The van der Waals surface area contributed by atoms with Gasteiger partial charge in [-0.3, -0.25) is 4.98 Å². The Kier molecular flexibility index (Phi) is 7.15. The summed E-state index contributed by atoms with van der Waals surface area (Å²) in [6.07, 6.45) is 4.11. The highest BCUT2D eigenvalue weighted by atomic mass is 14.7. The van der Waals surface area contributed by atoms with Gasteiger partial charge in [0.1, 0.15) is 0 Å². The summed E-state index contributed by atoms with van der Waals surface area (Å²) in [6.45, 7) is 4.50. The molecule has 8 rings (SSSR count). The van der Waals surface area contributed by atoms with Gasteiger partial charge in [-0.15, -0.1) is 0 Å². The van der Waals surface area contributed by atoms with Crippen molar-refractivity contribution < 1.29 is 0 Å². The number of benzene rings is 7. The van der Waals surface area contributed by atoms with Crippen LogP contribution in [-0.4, -0.2) is 4.98 Å². The smallest absolute Gasteiger partial charge is 0.0702 e. The lowest BCUT2D eigenvalue weighted by Gasteiger charge is -2.18. The number of fused-ring (bicyclic) bond motifs is 3. The van der Waals surface area contributed by atoms with Crippen molar-refractivity contribution in [2.45, 2.75) is 26.7 Å². The fourth-order valence-corrected chi connectivity index (χ4v) is 7.12. The molecule has 0 spiro atoms. The van der Waals surface area contributed by atoms with Crippen molar-refractivity contribution in [2.24, 2.45) is 0 Å². The van der Waals surface area contributed by atoms with Crippen LogP contribution in [0.5, 0.6) is 0 Å². The second-order valence-corrected chi connectivity index (χ2v) is 12.3. The third-order valence-corrected chi connectivity index (χ3v) is 9.36. The van der Waals surface area contributed by atoms with E-state index in [1.807, 2.05) is 18.3 Å². The number of pyridine rings is 1. The van der Waals surface area contributed by atoms with Crippen LogP contribution in [0, 0.1) is 6.92 Å². The van der Waals surface area contributed by atoms with Crippen molar-refractivity contribution in [3.8, 4) is 44.6 Å². The molecule has 0 amide bonds. The van der Waals surface area contributed by atoms with E-state index in [9.17, 15) is 0 Å². The van der Waals surface area contributed by atoms with E-state index in [0.717, 1.165) is 24.1 Å². The lowest BCUT2D eigenvalue weighted by Crippen LogP contribution is -1.92. The summed E-state index contributed by atoms with van der Waals surface area (Å²) in [4.78, 5) is 4.55. The van der Waals surface area contributed by atoms with Gasteiger partial charge in [-0.05, 0) is 114 Å². The minimum absolute atomic E-state index is 0.988. The average Bonchev–Trinajstić information content (AvgIpc) is 3.11. The number of rotatable bonds is 6. The van der Waals surface area contributed by atoms with E-state index < -0.39 is 0 Å². The fourth-order valence-electron chi connectivity index (χ4n) is 7.12. The molecule has 0 aliphatic heterocycles. The molecule has 0 unspecified atom stereocenters. The molecule has 46 heavy (non-hydrogen) atoms. The average molecular weight is 590 g/mol. The highest BCUT2D eigenvalue weighted by molar-refractivity contribution is 6.21. The van der Waals surface area contributed by atoms with E-state index in [4.69, 9.17) is 0 Å². The van der Waals surface area contributed by atoms with Crippen LogP contribution < -0.4 is 0 Å². The van der Waals surface area contributed by atoms with Crippen LogP contribution in [0.2, 0.25) is 0 Å². The maximum atomic E-state index is 4.55. The Bertz CT molecular complexity index is 2310. The van der Waals surface area contributed by atoms with Gasteiger partial charge in [0.05, 0.1) is 5.69 Å². The van der Waals surface area contributed by atoms with E-state index in [-0.39, 0.29) is 0 Å². The predicted octanol–water partition coefficient (Wildman–Crippen LogP) is 12.5. The second-order valence-electron chi connectivity index (χ2n) is 12.3. The highest BCUT2D eigenvalue weighted by Crippen LogP contribution is 2.44. The second kappa shape index (κ2) is 11.8. The molecule has 0 N–H and O–H groups in total. The van der Waals surface area contributed by atoms with Crippen molar-refractivity contribution in [1.29, 1.82) is 0 Å². The van der Waals surface area contributed by atoms with Crippen LogP contribution in [0.1, 0.15) is 24.5 Å². The van der Waals surface area contributed by atoms with Gasteiger partial charge in [0.15, 0.2) is 0 Å². The van der Waals surface area contributed by atoms with E-state index in [1.165, 1.54) is 76.8 Å². The number of hydrogen-bond donors (Lipinski definition) is 0. The van der Waals surface area contributed by atoms with Crippen LogP contribution >= 0.6 is 0 Å². The Hall–Kier alpha value is -5.53. The Balaban J connectivity index is 1.28. The summed E-state index contributed by atoms with van der Waals surface area (Å²) in [5.41, 5.74) is 12.4. The summed E-state index contributed by atoms with van der Waals surface area (Å²) < 4.78 is 0. The van der Waals surface area contributed by atoms with Gasteiger partial charge in [0, 0.05) is 11.8 Å². The van der Waals surface area contributed by atoms with Crippen LogP contribution in [0.25, 0.3) is 77.0 Å². The molecule has 0 bridgehead atoms. The van der Waals surface area contributed by atoms with Gasteiger partial charge in [0.25, 0.3) is 0 Å². The molecular formula is C45H35N. The molecule has 0 aliphatic rings. The van der Waals surface area contributed by atoms with Crippen LogP contribution in [0.4, 0.5) is 0 Å². The monoisotopic (exact) mass is 589 g/mol. The first kappa shape index (κ1) is 28.0. The molecule has 1 heteroatoms. The topological polar surface area (TPSA) is 12.9 Å². The standard InChI is InChI=1S/C45H35N/c1-3-11-33-27-38-29-37(24-23-35(38)26-30(33)2)45-41-16-6-4-14-39(41)44(40-15-5-7-17-42(40)45)32-21-19-31(20-22-32)34-12-10-13-36(28-34)43-18-8-9-25-46-43/h4-10,12-29H,3,11H2,1-2H3. The summed E-state index contributed by atoms with van der Waals surface area (Å²) in [5.74, 6) is 0. The van der Waals surface area contributed by atoms with Crippen molar-refractivity contribution in [3.63, 3.8) is 0 Å². The highest BCUT2D eigenvalue weighted by Gasteiger charge is 2.17. The molecule has 0 radical (unpaired) electrons. The van der Waals surface area contributed by atoms with Gasteiger partial charge in [-0.25, -0.2) is 0 Å². The van der Waals surface area contributed by atoms with Crippen LogP contribution in [0.3, 0.4) is 0 Å². The Morgan fingerprint density at radius 1 is 0.457 bits per heavy atom. The van der Waals surface area contributed by atoms with Crippen molar-refractivity contribution in [3.05, 3.63) is 163 Å². The number of hydrogen-bond acceptors (Lipinski definition) is 1. The fraction of sp³-hybridized carbons (Fsp3) is 0.0889. The number of aryl methyl sites for hydroxylation is 2. The van der Waals surface area contributed by atoms with Gasteiger partial charge in [0.2, 0.25) is 0 Å². The third kappa shape index (κ3) is 4.95. The summed E-state index contributed by atoms with van der Waals surface area (Å²) in [7, 11) is 0. The molecule has 1 nitrogen and oxygen atoms in total. The number of nitrogens with zero attached hydrogens (tertiary/aromatic N) is 1. The molecule has 0 fully saturated rings. The van der Waals surface area contributed by atoms with Gasteiger partial charge >= 0.3 is 0 Å². The normalized spacial score (nSPS) is 11.4. The molecule has 220 valence electrons. The zero-order valence-corrected chi connectivity index (χ0v) is 26.3. The minimum Gasteiger partial charge on any atom is -0.256 e. The van der Waals surface area contributed by atoms with Crippen molar-refractivity contribution in [1.82, 2.24) is 4.98 Å². The van der Waals surface area contributed by atoms with E-state index >= 15 is 0 Å². The van der Waals surface area contributed by atoms with E-state index in [1.54, 1.807) is 0 Å². The zero-order chi connectivity index (χ0) is 31.0. The molecule has 0 saturated carbocycles. The van der Waals surface area contributed by atoms with Gasteiger partial charge < -0.3 is 0 Å². The van der Waals surface area contributed by atoms with Crippen molar-refractivity contribution in [2.75, 3.05) is 0 Å². The first-order chi connectivity index (χ1) is 22.7. The molecule has 1 aromatic heterocycles. The van der Waals surface area contributed by atoms with Crippen LogP contribution in [-0.2, 0) is 6.42 Å². The van der Waals surface area contributed by atoms with E-state index in [2.05, 4.69) is 152 Å². The Morgan fingerprint density at radius 3 is 1.72 bits per heavy atom. The summed E-state index contributed by atoms with van der Waals surface area (Å²) in [5, 5.41) is 7.73. The van der Waals surface area contributed by atoms with Crippen LogP contribution in [0.15, 0.2) is 152 Å². The van der Waals surface area contributed by atoms with E-state index in [0.29, 0.717) is 0 Å². The molecule has 8 aromatic rings. The predicted molar refractivity (Wildman–Crippen MR) is 197 cm³/mol.